The van der Waals surface area contributed by atoms with Crippen molar-refractivity contribution < 1.29 is 10.1 Å². The summed E-state index contributed by atoms with van der Waals surface area (Å²) in [5, 5.41) is 7.98. The van der Waals surface area contributed by atoms with Crippen molar-refractivity contribution in [3.63, 3.8) is 0 Å². The summed E-state index contributed by atoms with van der Waals surface area (Å²) in [6.07, 6.45) is -0.125. The fraction of sp³-hybridized carbons (Fsp3) is 1.00. The lowest BCUT2D eigenvalue weighted by Gasteiger charge is -2.07. The third-order valence-corrected chi connectivity index (χ3v) is 1.56. The van der Waals surface area contributed by atoms with Gasteiger partial charge in [-0.2, -0.15) is 0 Å². The quantitative estimate of drug-likeness (QED) is 0.386. The Labute approximate surface area is 51.5 Å². The van der Waals surface area contributed by atoms with Gasteiger partial charge in [0.05, 0.1) is 0 Å². The number of hydrogen-bond donors (Lipinski definition) is 1. The minimum Gasteiger partial charge on any atom is -0.252 e. The summed E-state index contributed by atoms with van der Waals surface area (Å²) in [5.41, 5.74) is 0. The van der Waals surface area contributed by atoms with Gasteiger partial charge in [-0.3, -0.25) is 5.26 Å². The lowest BCUT2D eigenvalue weighted by atomic mass is 10.3. The van der Waals surface area contributed by atoms with E-state index < -0.39 is 0 Å². The summed E-state index contributed by atoms with van der Waals surface area (Å²) in [4.78, 5) is 4.17. The van der Waals surface area contributed by atoms with Gasteiger partial charge in [-0.05, 0) is 6.92 Å². The van der Waals surface area contributed by atoms with Gasteiger partial charge in [0, 0.05) is 4.83 Å². The minimum absolute atomic E-state index is 0.125. The van der Waals surface area contributed by atoms with Gasteiger partial charge in [-0.15, -0.1) is 0 Å². The van der Waals surface area contributed by atoms with E-state index in [0.29, 0.717) is 0 Å². The molecule has 0 aromatic carbocycles. The first kappa shape index (κ1) is 7.40. The molecule has 0 aliphatic rings. The Morgan fingerprint density at radius 3 is 2.00 bits per heavy atom. The first-order valence-corrected chi connectivity index (χ1v) is 3.04. The van der Waals surface area contributed by atoms with Crippen LogP contribution in [0.5, 0.6) is 0 Å². The van der Waals surface area contributed by atoms with E-state index >= 15 is 0 Å². The van der Waals surface area contributed by atoms with Gasteiger partial charge in [0.1, 0.15) is 6.10 Å². The van der Waals surface area contributed by atoms with Crippen LogP contribution in [0.4, 0.5) is 0 Å². The number of hydrogen-bond acceptors (Lipinski definition) is 2. The monoisotopic (exact) mass is 168 g/mol. The van der Waals surface area contributed by atoms with Crippen LogP contribution in [-0.2, 0) is 4.89 Å². The Kier molecular flexibility index (Phi) is 3.60. The number of rotatable bonds is 2. The van der Waals surface area contributed by atoms with Crippen molar-refractivity contribution in [2.24, 2.45) is 0 Å². The topological polar surface area (TPSA) is 29.5 Å². The zero-order valence-electron chi connectivity index (χ0n) is 4.39. The van der Waals surface area contributed by atoms with Gasteiger partial charge in [-0.25, -0.2) is 4.89 Å². The van der Waals surface area contributed by atoms with Crippen LogP contribution in [0.25, 0.3) is 0 Å². The summed E-state index contributed by atoms with van der Waals surface area (Å²) in [5.74, 6) is 0. The van der Waals surface area contributed by atoms with Gasteiger partial charge in [0.2, 0.25) is 0 Å². The number of halogens is 1. The van der Waals surface area contributed by atoms with Crippen LogP contribution in [0, 0.1) is 0 Å². The van der Waals surface area contributed by atoms with Crippen molar-refractivity contribution in [1.82, 2.24) is 0 Å². The van der Waals surface area contributed by atoms with Gasteiger partial charge in [0.15, 0.2) is 0 Å². The first-order chi connectivity index (χ1) is 3.18. The van der Waals surface area contributed by atoms with Crippen molar-refractivity contribution in [3.8, 4) is 0 Å². The summed E-state index contributed by atoms with van der Waals surface area (Å²) < 4.78 is 0. The van der Waals surface area contributed by atoms with Crippen LogP contribution in [0.3, 0.4) is 0 Å². The molecule has 0 aromatic heterocycles. The second-order valence-electron chi connectivity index (χ2n) is 1.49. The Morgan fingerprint density at radius 2 is 2.00 bits per heavy atom. The lowest BCUT2D eigenvalue weighted by Crippen LogP contribution is -2.15. The molecular weight excluding hydrogens is 160 g/mol. The predicted octanol–water partition coefficient (Wildman–Crippen LogP) is 1.65. The molecule has 0 rings (SSSR count). The molecule has 0 spiro atoms. The Balaban J connectivity index is 3.14. The predicted molar refractivity (Wildman–Crippen MR) is 31.6 cm³/mol. The van der Waals surface area contributed by atoms with E-state index in [1.165, 1.54) is 0 Å². The molecule has 0 aromatic rings. The fourth-order valence-electron chi connectivity index (χ4n) is 0.0839. The molecule has 0 saturated heterocycles. The van der Waals surface area contributed by atoms with Crippen molar-refractivity contribution in [2.75, 3.05) is 0 Å². The van der Waals surface area contributed by atoms with E-state index in [-0.39, 0.29) is 10.9 Å². The standard InChI is InChI=1S/C4H9BrO2/c1-3(5)4(2)7-6/h3-4,6H,1-2H3. The van der Waals surface area contributed by atoms with Crippen LogP contribution in [0.2, 0.25) is 0 Å². The molecule has 2 nitrogen and oxygen atoms in total. The SMILES string of the molecule is CC(Br)C(C)OO. The normalized spacial score (nSPS) is 18.9. The van der Waals surface area contributed by atoms with Gasteiger partial charge >= 0.3 is 0 Å². The molecule has 0 aliphatic carbocycles. The highest BCUT2D eigenvalue weighted by Gasteiger charge is 2.06. The summed E-state index contributed by atoms with van der Waals surface area (Å²) in [6.45, 7) is 3.68. The maximum atomic E-state index is 7.98. The molecule has 0 aliphatic heterocycles. The summed E-state index contributed by atoms with van der Waals surface area (Å²) in [6, 6.07) is 0. The Hall–Kier alpha value is 0.400. The van der Waals surface area contributed by atoms with Crippen molar-refractivity contribution in [3.05, 3.63) is 0 Å². The van der Waals surface area contributed by atoms with Crippen LogP contribution in [-0.4, -0.2) is 16.2 Å². The molecule has 0 fully saturated rings. The van der Waals surface area contributed by atoms with Crippen molar-refractivity contribution >= 4 is 15.9 Å². The zero-order chi connectivity index (χ0) is 5.86. The molecule has 2 unspecified atom stereocenters. The molecule has 0 radical (unpaired) electrons. The van der Waals surface area contributed by atoms with E-state index in [9.17, 15) is 0 Å². The third kappa shape index (κ3) is 3.02. The molecule has 1 N–H and O–H groups in total. The smallest absolute Gasteiger partial charge is 0.102 e. The second-order valence-corrected chi connectivity index (χ2v) is 2.93. The average molecular weight is 169 g/mol. The van der Waals surface area contributed by atoms with Crippen LogP contribution in [0.1, 0.15) is 13.8 Å². The molecule has 3 heteroatoms. The van der Waals surface area contributed by atoms with E-state index in [2.05, 4.69) is 20.8 Å². The highest BCUT2D eigenvalue weighted by Crippen LogP contribution is 2.05. The Bertz CT molecular complexity index is 47.0. The summed E-state index contributed by atoms with van der Waals surface area (Å²) in [7, 11) is 0. The molecule has 44 valence electrons. The maximum absolute atomic E-state index is 7.98. The summed E-state index contributed by atoms with van der Waals surface area (Å²) >= 11 is 3.21. The average Bonchev–Trinajstić information content (AvgIpc) is 1.65. The Morgan fingerprint density at radius 1 is 1.57 bits per heavy atom. The zero-order valence-corrected chi connectivity index (χ0v) is 5.97. The lowest BCUT2D eigenvalue weighted by molar-refractivity contribution is -0.272. The van der Waals surface area contributed by atoms with E-state index in [4.69, 9.17) is 5.26 Å². The van der Waals surface area contributed by atoms with Gasteiger partial charge in [-0.1, -0.05) is 22.9 Å². The molecule has 0 bridgehead atoms. The fourth-order valence-corrected chi connectivity index (χ4v) is 0.180. The van der Waals surface area contributed by atoms with Gasteiger partial charge < -0.3 is 0 Å². The van der Waals surface area contributed by atoms with Gasteiger partial charge in [0.25, 0.3) is 0 Å². The molecular formula is C4H9BrO2. The van der Waals surface area contributed by atoms with E-state index in [1.54, 1.807) is 6.92 Å². The van der Waals surface area contributed by atoms with Crippen LogP contribution < -0.4 is 0 Å². The molecule has 0 saturated carbocycles. The highest BCUT2D eigenvalue weighted by atomic mass is 79.9. The maximum Gasteiger partial charge on any atom is 0.102 e. The van der Waals surface area contributed by atoms with E-state index in [0.717, 1.165) is 0 Å². The van der Waals surface area contributed by atoms with E-state index in [1.807, 2.05) is 6.92 Å². The van der Waals surface area contributed by atoms with Crippen LogP contribution >= 0.6 is 15.9 Å². The number of alkyl halides is 1. The minimum atomic E-state index is -0.125. The molecule has 2 atom stereocenters. The third-order valence-electron chi connectivity index (χ3n) is 0.813. The largest absolute Gasteiger partial charge is 0.252 e. The molecule has 7 heavy (non-hydrogen) atoms. The van der Waals surface area contributed by atoms with Crippen LogP contribution in [0.15, 0.2) is 0 Å². The second kappa shape index (κ2) is 3.41. The molecule has 0 heterocycles. The van der Waals surface area contributed by atoms with Crippen molar-refractivity contribution in [1.29, 1.82) is 0 Å². The van der Waals surface area contributed by atoms with Crippen molar-refractivity contribution in [2.45, 2.75) is 24.8 Å². The first-order valence-electron chi connectivity index (χ1n) is 2.12. The molecule has 0 amide bonds. The highest BCUT2D eigenvalue weighted by molar-refractivity contribution is 9.09.